The molecule has 0 saturated heterocycles. The second kappa shape index (κ2) is 3.38. The van der Waals surface area contributed by atoms with E-state index in [1.54, 1.807) is 0 Å². The lowest BCUT2D eigenvalue weighted by molar-refractivity contribution is 0.579. The maximum absolute atomic E-state index is 3.49. The summed E-state index contributed by atoms with van der Waals surface area (Å²) in [6.45, 7) is 4.28. The highest BCUT2D eigenvalue weighted by molar-refractivity contribution is 5.59. The fourth-order valence-electron chi connectivity index (χ4n) is 2.02. The lowest BCUT2D eigenvalue weighted by Crippen LogP contribution is -2.25. The molecule has 70 valence electrons. The Morgan fingerprint density at radius 3 is 3.00 bits per heavy atom. The lowest BCUT2D eigenvalue weighted by atomic mass is 10.1. The topological polar surface area (TPSA) is 15.3 Å². The Hall–Kier alpha value is -1.02. The predicted molar refractivity (Wildman–Crippen MR) is 56.1 cm³/mol. The zero-order valence-corrected chi connectivity index (χ0v) is 8.25. The second-order valence-electron chi connectivity index (χ2n) is 3.55. The van der Waals surface area contributed by atoms with E-state index in [4.69, 9.17) is 0 Å². The van der Waals surface area contributed by atoms with Crippen molar-refractivity contribution in [2.45, 2.75) is 13.0 Å². The number of nitrogens with one attached hydrogen (secondary N) is 1. The van der Waals surface area contributed by atoms with E-state index in [1.165, 1.54) is 11.3 Å². The Morgan fingerprint density at radius 2 is 2.23 bits per heavy atom. The molecule has 0 radical (unpaired) electrons. The van der Waals surface area contributed by atoms with Gasteiger partial charge in [0.25, 0.3) is 0 Å². The van der Waals surface area contributed by atoms with E-state index in [9.17, 15) is 0 Å². The van der Waals surface area contributed by atoms with Gasteiger partial charge in [-0.15, -0.1) is 0 Å². The van der Waals surface area contributed by atoms with E-state index in [2.05, 4.69) is 48.5 Å². The van der Waals surface area contributed by atoms with Crippen LogP contribution >= 0.6 is 0 Å². The van der Waals surface area contributed by atoms with Crippen molar-refractivity contribution < 1.29 is 0 Å². The first kappa shape index (κ1) is 8.57. The zero-order valence-electron chi connectivity index (χ0n) is 8.25. The van der Waals surface area contributed by atoms with E-state index >= 15 is 0 Å². The van der Waals surface area contributed by atoms with Gasteiger partial charge in [-0.1, -0.05) is 25.1 Å². The molecule has 1 N–H and O–H groups in total. The number of fused-ring (bicyclic) bond motifs is 1. The third-order valence-electron chi connectivity index (χ3n) is 2.63. The molecule has 1 aliphatic rings. The predicted octanol–water partition coefficient (Wildman–Crippen LogP) is 1.79. The quantitative estimate of drug-likeness (QED) is 0.739. The summed E-state index contributed by atoms with van der Waals surface area (Å²) < 4.78 is 0. The number of anilines is 1. The normalized spacial score (nSPS) is 20.5. The van der Waals surface area contributed by atoms with Gasteiger partial charge in [0.1, 0.15) is 0 Å². The summed E-state index contributed by atoms with van der Waals surface area (Å²) in [5.74, 6) is 0. The van der Waals surface area contributed by atoms with Crippen molar-refractivity contribution in [3.63, 3.8) is 0 Å². The third-order valence-corrected chi connectivity index (χ3v) is 2.63. The fourth-order valence-corrected chi connectivity index (χ4v) is 2.02. The molecule has 1 atom stereocenters. The molecule has 0 fully saturated rings. The summed E-state index contributed by atoms with van der Waals surface area (Å²) >= 11 is 0. The Labute approximate surface area is 79.6 Å². The summed E-state index contributed by atoms with van der Waals surface area (Å²) in [6, 6.07) is 9.14. The average molecular weight is 176 g/mol. The van der Waals surface area contributed by atoms with E-state index in [-0.39, 0.29) is 0 Å². The summed E-state index contributed by atoms with van der Waals surface area (Å²) in [4.78, 5) is 2.31. The number of hydrogen-bond acceptors (Lipinski definition) is 2. The highest BCUT2D eigenvalue weighted by atomic mass is 15.2. The average Bonchev–Trinajstić information content (AvgIpc) is 2.46. The minimum absolute atomic E-state index is 0.520. The molecule has 2 heteroatoms. The van der Waals surface area contributed by atoms with Crippen molar-refractivity contribution in [2.75, 3.05) is 25.0 Å². The van der Waals surface area contributed by atoms with Crippen molar-refractivity contribution in [3.8, 4) is 0 Å². The number of para-hydroxylation sites is 1. The Balaban J connectivity index is 2.30. The van der Waals surface area contributed by atoms with Gasteiger partial charge >= 0.3 is 0 Å². The Kier molecular flexibility index (Phi) is 2.23. The zero-order chi connectivity index (χ0) is 9.26. The van der Waals surface area contributed by atoms with Gasteiger partial charge in [-0.25, -0.2) is 0 Å². The molecule has 1 aromatic rings. The van der Waals surface area contributed by atoms with Crippen molar-refractivity contribution in [1.82, 2.24) is 5.32 Å². The van der Waals surface area contributed by atoms with Crippen LogP contribution in [0, 0.1) is 0 Å². The molecule has 0 aliphatic carbocycles. The molecule has 0 amide bonds. The SMILES string of the molecule is CCNC1CN(C)c2ccccc21. The summed E-state index contributed by atoms with van der Waals surface area (Å²) in [5.41, 5.74) is 2.81. The smallest absolute Gasteiger partial charge is 0.0518 e. The fraction of sp³-hybridized carbons (Fsp3) is 0.455. The molecule has 1 unspecified atom stereocenters. The molecular formula is C11H16N2. The molecule has 13 heavy (non-hydrogen) atoms. The second-order valence-corrected chi connectivity index (χ2v) is 3.55. The summed E-state index contributed by atoms with van der Waals surface area (Å²) in [6.07, 6.45) is 0. The minimum Gasteiger partial charge on any atom is -0.372 e. The molecule has 2 nitrogen and oxygen atoms in total. The summed E-state index contributed by atoms with van der Waals surface area (Å²) in [7, 11) is 2.15. The van der Waals surface area contributed by atoms with E-state index in [0.29, 0.717) is 6.04 Å². The Bertz CT molecular complexity index is 296. The molecule has 0 aromatic heterocycles. The van der Waals surface area contributed by atoms with Crippen LogP contribution in [0.1, 0.15) is 18.5 Å². The molecule has 0 saturated carbocycles. The molecule has 1 aliphatic heterocycles. The van der Waals surface area contributed by atoms with Gasteiger partial charge in [-0.05, 0) is 18.2 Å². The highest BCUT2D eigenvalue weighted by Crippen LogP contribution is 2.32. The Morgan fingerprint density at radius 1 is 1.46 bits per heavy atom. The first-order chi connectivity index (χ1) is 6.33. The van der Waals surface area contributed by atoms with Crippen molar-refractivity contribution in [2.24, 2.45) is 0 Å². The largest absolute Gasteiger partial charge is 0.372 e. The van der Waals surface area contributed by atoms with Crippen LogP contribution in [0.4, 0.5) is 5.69 Å². The van der Waals surface area contributed by atoms with Crippen LogP contribution in [0.3, 0.4) is 0 Å². The van der Waals surface area contributed by atoms with Gasteiger partial charge in [0.2, 0.25) is 0 Å². The number of likely N-dealkylation sites (N-methyl/N-ethyl adjacent to an activating group) is 2. The number of rotatable bonds is 2. The van der Waals surface area contributed by atoms with Gasteiger partial charge in [0, 0.05) is 19.3 Å². The molecule has 0 bridgehead atoms. The van der Waals surface area contributed by atoms with Crippen LogP contribution in [0.15, 0.2) is 24.3 Å². The molecule has 0 spiro atoms. The number of benzene rings is 1. The van der Waals surface area contributed by atoms with Crippen LogP contribution < -0.4 is 10.2 Å². The number of nitrogens with zero attached hydrogens (tertiary/aromatic N) is 1. The maximum Gasteiger partial charge on any atom is 0.0518 e. The van der Waals surface area contributed by atoms with Crippen molar-refractivity contribution in [1.29, 1.82) is 0 Å². The van der Waals surface area contributed by atoms with E-state index in [1.807, 2.05) is 0 Å². The third kappa shape index (κ3) is 1.42. The van der Waals surface area contributed by atoms with Gasteiger partial charge in [-0.3, -0.25) is 0 Å². The first-order valence-electron chi connectivity index (χ1n) is 4.86. The molecule has 1 heterocycles. The van der Waals surface area contributed by atoms with Gasteiger partial charge in [0.05, 0.1) is 6.04 Å². The van der Waals surface area contributed by atoms with Crippen LogP contribution in [0.5, 0.6) is 0 Å². The van der Waals surface area contributed by atoms with Crippen LogP contribution in [0.25, 0.3) is 0 Å². The van der Waals surface area contributed by atoms with E-state index in [0.717, 1.165) is 13.1 Å². The van der Waals surface area contributed by atoms with Gasteiger partial charge in [0.15, 0.2) is 0 Å². The molecule has 1 aromatic carbocycles. The van der Waals surface area contributed by atoms with Crippen LogP contribution in [-0.4, -0.2) is 20.1 Å². The molecule has 2 rings (SSSR count). The maximum atomic E-state index is 3.49. The van der Waals surface area contributed by atoms with Crippen molar-refractivity contribution in [3.05, 3.63) is 29.8 Å². The lowest BCUT2D eigenvalue weighted by Gasteiger charge is -2.12. The molecular weight excluding hydrogens is 160 g/mol. The standard InChI is InChI=1S/C11H16N2/c1-3-12-10-8-13(2)11-7-5-4-6-9(10)11/h4-7,10,12H,3,8H2,1-2H3. The summed E-state index contributed by atoms with van der Waals surface area (Å²) in [5, 5.41) is 3.49. The van der Waals surface area contributed by atoms with Crippen molar-refractivity contribution >= 4 is 5.69 Å². The first-order valence-corrected chi connectivity index (χ1v) is 4.86. The number of hydrogen-bond donors (Lipinski definition) is 1. The minimum atomic E-state index is 0.520. The monoisotopic (exact) mass is 176 g/mol. The van der Waals surface area contributed by atoms with Gasteiger partial charge < -0.3 is 10.2 Å². The highest BCUT2D eigenvalue weighted by Gasteiger charge is 2.24. The van der Waals surface area contributed by atoms with Gasteiger partial charge in [-0.2, -0.15) is 0 Å². The van der Waals surface area contributed by atoms with E-state index < -0.39 is 0 Å². The van der Waals surface area contributed by atoms with Crippen LogP contribution in [0.2, 0.25) is 0 Å². The van der Waals surface area contributed by atoms with Crippen LogP contribution in [-0.2, 0) is 0 Å².